The zero-order valence-corrected chi connectivity index (χ0v) is 14.0. The summed E-state index contributed by atoms with van der Waals surface area (Å²) in [4.78, 5) is 31.7. The van der Waals surface area contributed by atoms with Gasteiger partial charge in [-0.3, -0.25) is 14.5 Å². The molecule has 0 radical (unpaired) electrons. The summed E-state index contributed by atoms with van der Waals surface area (Å²) in [5, 5.41) is 0. The summed E-state index contributed by atoms with van der Waals surface area (Å²) >= 11 is 0. The van der Waals surface area contributed by atoms with Crippen LogP contribution in [0, 0.1) is 0 Å². The van der Waals surface area contributed by atoms with E-state index >= 15 is 0 Å². The zero-order chi connectivity index (χ0) is 17.2. The van der Waals surface area contributed by atoms with Crippen molar-refractivity contribution in [3.8, 4) is 0 Å². The minimum Gasteiger partial charge on any atom is -0.334 e. The molecule has 2 fully saturated rings. The van der Waals surface area contributed by atoms with Gasteiger partial charge in [-0.25, -0.2) is 0 Å². The lowest BCUT2D eigenvalue weighted by Gasteiger charge is -2.40. The molecule has 0 spiro atoms. The van der Waals surface area contributed by atoms with Gasteiger partial charge < -0.3 is 9.80 Å². The van der Waals surface area contributed by atoms with E-state index in [1.165, 1.54) is 0 Å². The molecule has 5 heteroatoms. The number of piperazine rings is 1. The van der Waals surface area contributed by atoms with Crippen molar-refractivity contribution >= 4 is 11.8 Å². The van der Waals surface area contributed by atoms with Crippen LogP contribution < -0.4 is 0 Å². The summed E-state index contributed by atoms with van der Waals surface area (Å²) in [6.07, 6.45) is -0.0332. The lowest BCUT2D eigenvalue weighted by atomic mass is 10.1. The first-order valence-corrected chi connectivity index (χ1v) is 8.68. The lowest BCUT2D eigenvalue weighted by Crippen LogP contribution is -2.57. The molecular formula is C20H21N3O2. The minimum absolute atomic E-state index is 0.0332. The zero-order valence-electron chi connectivity index (χ0n) is 14.0. The van der Waals surface area contributed by atoms with Gasteiger partial charge in [0.2, 0.25) is 0 Å². The van der Waals surface area contributed by atoms with E-state index in [1.807, 2.05) is 70.5 Å². The fraction of sp³-hybridized carbons (Fsp3) is 0.300. The first-order chi connectivity index (χ1) is 12.2. The highest BCUT2D eigenvalue weighted by atomic mass is 16.2. The Morgan fingerprint density at radius 1 is 0.720 bits per heavy atom. The highest BCUT2D eigenvalue weighted by Gasteiger charge is 2.40. The summed E-state index contributed by atoms with van der Waals surface area (Å²) in [7, 11) is 0. The van der Waals surface area contributed by atoms with Crippen LogP contribution in [0.4, 0.5) is 0 Å². The van der Waals surface area contributed by atoms with Crippen LogP contribution in [0.5, 0.6) is 0 Å². The van der Waals surface area contributed by atoms with Crippen molar-refractivity contribution < 1.29 is 9.59 Å². The molecule has 0 aliphatic carbocycles. The second kappa shape index (κ2) is 6.69. The van der Waals surface area contributed by atoms with Crippen molar-refractivity contribution in [3.05, 3.63) is 71.8 Å². The molecule has 2 aromatic rings. The molecule has 1 unspecified atom stereocenters. The minimum atomic E-state index is -0.0332. The molecule has 0 bridgehead atoms. The Morgan fingerprint density at radius 3 is 1.92 bits per heavy atom. The maximum atomic E-state index is 12.8. The highest BCUT2D eigenvalue weighted by molar-refractivity contribution is 5.95. The molecule has 25 heavy (non-hydrogen) atoms. The molecule has 128 valence electrons. The molecule has 2 amide bonds. The molecule has 4 rings (SSSR count). The third-order valence-corrected chi connectivity index (χ3v) is 5.04. The van der Waals surface area contributed by atoms with Gasteiger partial charge in [0.1, 0.15) is 6.17 Å². The summed E-state index contributed by atoms with van der Waals surface area (Å²) in [6.45, 7) is 3.66. The smallest absolute Gasteiger partial charge is 0.255 e. The number of benzene rings is 2. The number of hydrogen-bond acceptors (Lipinski definition) is 3. The summed E-state index contributed by atoms with van der Waals surface area (Å²) in [5.74, 6) is 0.0846. The predicted octanol–water partition coefficient (Wildman–Crippen LogP) is 1.93. The van der Waals surface area contributed by atoms with E-state index in [-0.39, 0.29) is 18.0 Å². The van der Waals surface area contributed by atoms with Crippen LogP contribution in [-0.2, 0) is 0 Å². The fourth-order valence-electron chi connectivity index (χ4n) is 3.67. The van der Waals surface area contributed by atoms with Crippen LogP contribution in [0.1, 0.15) is 20.7 Å². The Kier molecular flexibility index (Phi) is 4.24. The largest absolute Gasteiger partial charge is 0.334 e. The Bertz CT molecular complexity index is 763. The van der Waals surface area contributed by atoms with Crippen molar-refractivity contribution in [2.75, 3.05) is 32.7 Å². The van der Waals surface area contributed by atoms with Gasteiger partial charge in [-0.05, 0) is 24.3 Å². The van der Waals surface area contributed by atoms with Crippen molar-refractivity contribution in [1.29, 1.82) is 0 Å². The van der Waals surface area contributed by atoms with Gasteiger partial charge in [-0.2, -0.15) is 0 Å². The monoisotopic (exact) mass is 335 g/mol. The van der Waals surface area contributed by atoms with Gasteiger partial charge in [0.15, 0.2) is 0 Å². The van der Waals surface area contributed by atoms with Crippen molar-refractivity contribution in [1.82, 2.24) is 14.7 Å². The molecule has 5 nitrogen and oxygen atoms in total. The van der Waals surface area contributed by atoms with E-state index in [2.05, 4.69) is 4.90 Å². The number of rotatable bonds is 2. The maximum absolute atomic E-state index is 12.8. The average Bonchev–Trinajstić information content (AvgIpc) is 3.11. The van der Waals surface area contributed by atoms with Crippen molar-refractivity contribution in [2.45, 2.75) is 6.17 Å². The molecule has 0 aromatic heterocycles. The molecule has 2 aliphatic heterocycles. The average molecular weight is 335 g/mol. The van der Waals surface area contributed by atoms with Gasteiger partial charge in [0.25, 0.3) is 11.8 Å². The van der Waals surface area contributed by atoms with Crippen LogP contribution in [-0.4, -0.2) is 65.4 Å². The summed E-state index contributed by atoms with van der Waals surface area (Å²) in [5.41, 5.74) is 1.41. The second-order valence-corrected chi connectivity index (χ2v) is 6.50. The number of hydrogen-bond donors (Lipinski definition) is 0. The summed E-state index contributed by atoms with van der Waals surface area (Å²) < 4.78 is 0. The Morgan fingerprint density at radius 2 is 1.28 bits per heavy atom. The van der Waals surface area contributed by atoms with Crippen LogP contribution in [0.2, 0.25) is 0 Å². The SMILES string of the molecule is O=C(c1ccccc1)N1CCN2CCN(C(=O)c3ccccc3)C2C1. The predicted molar refractivity (Wildman–Crippen MR) is 95.2 cm³/mol. The lowest BCUT2D eigenvalue weighted by molar-refractivity contribution is 0.0282. The highest BCUT2D eigenvalue weighted by Crippen LogP contribution is 2.23. The number of carbonyl (C=O) groups is 2. The molecular weight excluding hydrogens is 314 g/mol. The van der Waals surface area contributed by atoms with E-state index in [4.69, 9.17) is 0 Å². The van der Waals surface area contributed by atoms with Gasteiger partial charge in [0.05, 0.1) is 6.54 Å². The number of carbonyl (C=O) groups excluding carboxylic acids is 2. The van der Waals surface area contributed by atoms with Gasteiger partial charge in [-0.1, -0.05) is 36.4 Å². The maximum Gasteiger partial charge on any atom is 0.255 e. The van der Waals surface area contributed by atoms with Crippen LogP contribution in [0.3, 0.4) is 0 Å². The topological polar surface area (TPSA) is 43.9 Å². The molecule has 2 heterocycles. The molecule has 2 aromatic carbocycles. The molecule has 0 saturated carbocycles. The number of amides is 2. The number of nitrogens with zero attached hydrogens (tertiary/aromatic N) is 3. The van der Waals surface area contributed by atoms with Crippen LogP contribution >= 0.6 is 0 Å². The first-order valence-electron chi connectivity index (χ1n) is 8.68. The fourth-order valence-corrected chi connectivity index (χ4v) is 3.67. The quantitative estimate of drug-likeness (QED) is 0.842. The number of fused-ring (bicyclic) bond motifs is 1. The Balaban J connectivity index is 1.51. The van der Waals surface area contributed by atoms with E-state index in [0.717, 1.165) is 13.1 Å². The van der Waals surface area contributed by atoms with Gasteiger partial charge in [-0.15, -0.1) is 0 Å². The van der Waals surface area contributed by atoms with Crippen molar-refractivity contribution in [3.63, 3.8) is 0 Å². The third-order valence-electron chi connectivity index (χ3n) is 5.04. The normalized spacial score (nSPS) is 20.4. The molecule has 2 aliphatic rings. The molecule has 1 atom stereocenters. The van der Waals surface area contributed by atoms with E-state index in [1.54, 1.807) is 0 Å². The van der Waals surface area contributed by atoms with Gasteiger partial charge in [0, 0.05) is 37.3 Å². The van der Waals surface area contributed by atoms with E-state index in [9.17, 15) is 9.59 Å². The molecule has 2 saturated heterocycles. The molecule has 0 N–H and O–H groups in total. The van der Waals surface area contributed by atoms with E-state index < -0.39 is 0 Å². The Labute approximate surface area is 147 Å². The Hall–Kier alpha value is -2.66. The third kappa shape index (κ3) is 3.03. The second-order valence-electron chi connectivity index (χ2n) is 6.50. The van der Waals surface area contributed by atoms with E-state index in [0.29, 0.717) is 30.8 Å². The first kappa shape index (κ1) is 15.8. The standard InChI is InChI=1S/C20H21N3O2/c24-19(16-7-3-1-4-8-16)22-12-11-21-13-14-23(18(21)15-22)20(25)17-9-5-2-6-10-17/h1-10,18H,11-15H2. The van der Waals surface area contributed by atoms with Crippen LogP contribution in [0.25, 0.3) is 0 Å². The van der Waals surface area contributed by atoms with Crippen molar-refractivity contribution in [2.24, 2.45) is 0 Å². The van der Waals surface area contributed by atoms with Crippen LogP contribution in [0.15, 0.2) is 60.7 Å². The summed E-state index contributed by atoms with van der Waals surface area (Å²) in [6, 6.07) is 18.7. The van der Waals surface area contributed by atoms with Gasteiger partial charge >= 0.3 is 0 Å².